The Kier molecular flexibility index (Phi) is 5.94. The first kappa shape index (κ1) is 15.6. The molecule has 6 nitrogen and oxygen atoms in total. The first-order valence-electron chi connectivity index (χ1n) is 5.94. The van der Waals surface area contributed by atoms with Crippen LogP contribution >= 0.6 is 0 Å². The van der Waals surface area contributed by atoms with Crippen LogP contribution in [0.3, 0.4) is 0 Å². The van der Waals surface area contributed by atoms with Gasteiger partial charge in [0, 0.05) is 25.2 Å². The van der Waals surface area contributed by atoms with E-state index in [1.54, 1.807) is 12.1 Å². The van der Waals surface area contributed by atoms with E-state index in [4.69, 9.17) is 5.14 Å². The van der Waals surface area contributed by atoms with Gasteiger partial charge in [0.15, 0.2) is 0 Å². The summed E-state index contributed by atoms with van der Waals surface area (Å²) in [4.78, 5) is 11.7. The van der Waals surface area contributed by atoms with Crippen molar-refractivity contribution in [3.05, 3.63) is 35.4 Å². The topological polar surface area (TPSA) is 101 Å². The normalized spacial score (nSPS) is 11.3. The third-order valence-corrected chi connectivity index (χ3v) is 3.24. The van der Waals surface area contributed by atoms with Gasteiger partial charge in [-0.1, -0.05) is 17.7 Å². The van der Waals surface area contributed by atoms with Gasteiger partial charge in [-0.3, -0.25) is 4.79 Å². The van der Waals surface area contributed by atoms with Gasteiger partial charge in [0.1, 0.15) is 0 Å². The molecule has 1 rings (SSSR count). The van der Waals surface area contributed by atoms with E-state index in [2.05, 4.69) is 10.6 Å². The van der Waals surface area contributed by atoms with Crippen LogP contribution in [-0.4, -0.2) is 39.7 Å². The van der Waals surface area contributed by atoms with Gasteiger partial charge in [0.2, 0.25) is 10.0 Å². The molecule has 0 heterocycles. The molecule has 0 bridgehead atoms. The van der Waals surface area contributed by atoms with E-state index in [-0.39, 0.29) is 18.2 Å². The lowest BCUT2D eigenvalue weighted by Gasteiger charge is -2.06. The summed E-state index contributed by atoms with van der Waals surface area (Å²) in [6.07, 6.45) is 0. The molecule has 1 aromatic rings. The Labute approximate surface area is 113 Å². The van der Waals surface area contributed by atoms with Crippen LogP contribution in [0.4, 0.5) is 0 Å². The van der Waals surface area contributed by atoms with Gasteiger partial charge in [0.05, 0.1) is 5.75 Å². The summed E-state index contributed by atoms with van der Waals surface area (Å²) in [5.74, 6) is -0.257. The molecule has 7 heteroatoms. The third-order valence-electron chi connectivity index (χ3n) is 2.46. The Morgan fingerprint density at radius 3 is 2.37 bits per heavy atom. The number of sulfonamides is 1. The summed E-state index contributed by atoms with van der Waals surface area (Å²) < 4.78 is 21.3. The maximum Gasteiger partial charge on any atom is 0.251 e. The van der Waals surface area contributed by atoms with E-state index in [9.17, 15) is 13.2 Å². The van der Waals surface area contributed by atoms with Crippen molar-refractivity contribution in [2.75, 3.05) is 25.4 Å². The average Bonchev–Trinajstić information content (AvgIpc) is 2.33. The average molecular weight is 285 g/mol. The van der Waals surface area contributed by atoms with E-state index in [0.29, 0.717) is 18.7 Å². The Morgan fingerprint density at radius 2 is 1.79 bits per heavy atom. The van der Waals surface area contributed by atoms with Crippen molar-refractivity contribution in [3.8, 4) is 0 Å². The third kappa shape index (κ3) is 6.90. The molecule has 1 aromatic carbocycles. The Balaban J connectivity index is 2.19. The van der Waals surface area contributed by atoms with Crippen molar-refractivity contribution in [1.29, 1.82) is 0 Å². The van der Waals surface area contributed by atoms with Crippen molar-refractivity contribution in [1.82, 2.24) is 10.6 Å². The molecule has 0 atom stereocenters. The van der Waals surface area contributed by atoms with Crippen LogP contribution in [0.25, 0.3) is 0 Å². The number of hydrogen-bond donors (Lipinski definition) is 3. The lowest BCUT2D eigenvalue weighted by molar-refractivity contribution is 0.0954. The molecule has 106 valence electrons. The summed E-state index contributed by atoms with van der Waals surface area (Å²) in [5.41, 5.74) is 1.70. The zero-order chi connectivity index (χ0) is 14.3. The van der Waals surface area contributed by atoms with Crippen molar-refractivity contribution >= 4 is 15.9 Å². The number of aryl methyl sites for hydroxylation is 1. The van der Waals surface area contributed by atoms with Gasteiger partial charge in [-0.15, -0.1) is 0 Å². The zero-order valence-electron chi connectivity index (χ0n) is 10.8. The van der Waals surface area contributed by atoms with E-state index < -0.39 is 10.0 Å². The van der Waals surface area contributed by atoms with Crippen molar-refractivity contribution in [2.45, 2.75) is 6.92 Å². The quantitative estimate of drug-likeness (QED) is 0.593. The fourth-order valence-corrected chi connectivity index (χ4v) is 1.84. The zero-order valence-corrected chi connectivity index (χ0v) is 11.7. The van der Waals surface area contributed by atoms with E-state index in [1.807, 2.05) is 19.1 Å². The molecule has 19 heavy (non-hydrogen) atoms. The monoisotopic (exact) mass is 285 g/mol. The lowest BCUT2D eigenvalue weighted by atomic mass is 10.1. The Hall–Kier alpha value is -1.44. The van der Waals surface area contributed by atoms with Crippen molar-refractivity contribution < 1.29 is 13.2 Å². The molecule has 1 amide bonds. The minimum absolute atomic E-state index is 0.112. The number of primary sulfonamides is 1. The Bertz CT molecular complexity index is 512. The van der Waals surface area contributed by atoms with Gasteiger partial charge in [-0.05, 0) is 19.1 Å². The minimum atomic E-state index is -3.42. The number of carbonyl (C=O) groups is 1. The predicted octanol–water partition coefficient (Wildman–Crippen LogP) is -0.397. The van der Waals surface area contributed by atoms with Crippen LogP contribution in [-0.2, 0) is 10.0 Å². The molecule has 0 spiro atoms. The molecule has 0 saturated heterocycles. The van der Waals surface area contributed by atoms with E-state index in [0.717, 1.165) is 5.56 Å². The summed E-state index contributed by atoms with van der Waals surface area (Å²) in [6, 6.07) is 7.27. The summed E-state index contributed by atoms with van der Waals surface area (Å²) >= 11 is 0. The predicted molar refractivity (Wildman–Crippen MR) is 74.4 cm³/mol. The van der Waals surface area contributed by atoms with Crippen LogP contribution in [0.15, 0.2) is 24.3 Å². The fraction of sp³-hybridized carbons (Fsp3) is 0.417. The van der Waals surface area contributed by atoms with Crippen LogP contribution in [0.5, 0.6) is 0 Å². The van der Waals surface area contributed by atoms with Gasteiger partial charge < -0.3 is 10.6 Å². The van der Waals surface area contributed by atoms with Crippen molar-refractivity contribution in [3.63, 3.8) is 0 Å². The number of amides is 1. The highest BCUT2D eigenvalue weighted by Gasteiger charge is 2.04. The maximum atomic E-state index is 11.7. The SMILES string of the molecule is Cc1ccc(C(=O)NCCNCCS(N)(=O)=O)cc1. The fourth-order valence-electron chi connectivity index (χ4n) is 1.41. The van der Waals surface area contributed by atoms with Crippen LogP contribution in [0.2, 0.25) is 0 Å². The smallest absolute Gasteiger partial charge is 0.251 e. The van der Waals surface area contributed by atoms with E-state index >= 15 is 0 Å². The molecule has 0 aromatic heterocycles. The largest absolute Gasteiger partial charge is 0.351 e. The van der Waals surface area contributed by atoms with Crippen LogP contribution < -0.4 is 15.8 Å². The second-order valence-corrected chi connectivity index (χ2v) is 5.97. The summed E-state index contributed by atoms with van der Waals surface area (Å²) in [6.45, 7) is 3.15. The van der Waals surface area contributed by atoms with E-state index in [1.165, 1.54) is 0 Å². The molecule has 0 saturated carbocycles. The molecule has 0 fully saturated rings. The van der Waals surface area contributed by atoms with Gasteiger partial charge in [-0.2, -0.15) is 0 Å². The van der Waals surface area contributed by atoms with Gasteiger partial charge in [0.25, 0.3) is 5.91 Å². The molecule has 0 aliphatic rings. The second-order valence-electron chi connectivity index (χ2n) is 4.24. The van der Waals surface area contributed by atoms with Crippen LogP contribution in [0, 0.1) is 6.92 Å². The standard InChI is InChI=1S/C12H19N3O3S/c1-10-2-4-11(5-3-10)12(16)15-7-6-14-8-9-19(13,17)18/h2-5,14H,6-9H2,1H3,(H,15,16)(H2,13,17,18). The highest BCUT2D eigenvalue weighted by atomic mass is 32.2. The number of hydrogen-bond acceptors (Lipinski definition) is 4. The number of nitrogens with one attached hydrogen (secondary N) is 2. The first-order chi connectivity index (χ1) is 8.88. The molecule has 4 N–H and O–H groups in total. The number of rotatable bonds is 7. The molecule has 0 aliphatic carbocycles. The summed E-state index contributed by atoms with van der Waals surface area (Å²) in [7, 11) is -3.42. The Morgan fingerprint density at radius 1 is 1.16 bits per heavy atom. The van der Waals surface area contributed by atoms with Gasteiger partial charge >= 0.3 is 0 Å². The second kappa shape index (κ2) is 7.22. The number of carbonyl (C=O) groups excluding carboxylic acids is 1. The number of nitrogens with two attached hydrogens (primary N) is 1. The van der Waals surface area contributed by atoms with Crippen molar-refractivity contribution in [2.24, 2.45) is 5.14 Å². The van der Waals surface area contributed by atoms with Crippen LogP contribution in [0.1, 0.15) is 15.9 Å². The highest BCUT2D eigenvalue weighted by molar-refractivity contribution is 7.89. The molecule has 0 unspecified atom stereocenters. The molecular weight excluding hydrogens is 266 g/mol. The summed E-state index contributed by atoms with van der Waals surface area (Å²) in [5, 5.41) is 10.5. The lowest BCUT2D eigenvalue weighted by Crippen LogP contribution is -2.34. The first-order valence-corrected chi connectivity index (χ1v) is 7.66. The molecule has 0 radical (unpaired) electrons. The highest BCUT2D eigenvalue weighted by Crippen LogP contribution is 2.02. The number of benzene rings is 1. The van der Waals surface area contributed by atoms with Gasteiger partial charge in [-0.25, -0.2) is 13.6 Å². The minimum Gasteiger partial charge on any atom is -0.351 e. The maximum absolute atomic E-state index is 11.7. The molecule has 0 aliphatic heterocycles. The molecular formula is C12H19N3O3S.